The lowest BCUT2D eigenvalue weighted by Gasteiger charge is -2.07. The summed E-state index contributed by atoms with van der Waals surface area (Å²) in [6.07, 6.45) is -1.67. The minimum absolute atomic E-state index is 0.161. The van der Waals surface area contributed by atoms with Crippen LogP contribution in [0, 0.1) is 0 Å². The van der Waals surface area contributed by atoms with Crippen LogP contribution in [0.1, 0.15) is 0 Å². The number of hydrogen-bond acceptors (Lipinski definition) is 2. The monoisotopic (exact) mass is 143 g/mol. The molecule has 0 saturated carbocycles. The van der Waals surface area contributed by atoms with Gasteiger partial charge < -0.3 is 15.1 Å². The minimum atomic E-state index is -1.00. The van der Waals surface area contributed by atoms with Crippen molar-refractivity contribution < 1.29 is 15.0 Å². The molecule has 10 heavy (non-hydrogen) atoms. The van der Waals surface area contributed by atoms with Gasteiger partial charge >= 0.3 is 6.09 Å². The second-order valence-corrected chi connectivity index (χ2v) is 2.34. The Bertz CT molecular complexity index is 178. The average Bonchev–Trinajstić information content (AvgIpc) is 2.13. The van der Waals surface area contributed by atoms with E-state index in [4.69, 9.17) is 10.2 Å². The highest BCUT2D eigenvalue weighted by Crippen LogP contribution is 2.13. The molecule has 4 nitrogen and oxygen atoms in total. The number of amides is 1. The molecule has 0 bridgehead atoms. The van der Waals surface area contributed by atoms with Gasteiger partial charge in [0.25, 0.3) is 0 Å². The summed E-state index contributed by atoms with van der Waals surface area (Å²) < 4.78 is 0. The zero-order valence-corrected chi connectivity index (χ0v) is 5.45. The molecule has 1 unspecified atom stereocenters. The Morgan fingerprint density at radius 2 is 2.40 bits per heavy atom. The lowest BCUT2D eigenvalue weighted by Crippen LogP contribution is -2.27. The fourth-order valence-corrected chi connectivity index (χ4v) is 0.899. The van der Waals surface area contributed by atoms with Gasteiger partial charge in [-0.25, -0.2) is 4.79 Å². The number of carbonyl (C=O) groups is 1. The smallest absolute Gasteiger partial charge is 0.407 e. The Hall–Kier alpha value is -1.03. The molecule has 0 aliphatic carbocycles. The quantitative estimate of drug-likeness (QED) is 0.465. The number of rotatable bonds is 0. The van der Waals surface area contributed by atoms with E-state index >= 15 is 0 Å². The standard InChI is InChI=1S/C6H9NO3/c1-4-2-7(6(9)10)3-5(4)8/h5,8H,1-3H2,(H,9,10). The van der Waals surface area contributed by atoms with Crippen LogP contribution in [0.15, 0.2) is 12.2 Å². The van der Waals surface area contributed by atoms with E-state index in [1.54, 1.807) is 0 Å². The van der Waals surface area contributed by atoms with Gasteiger partial charge in [0.05, 0.1) is 12.6 Å². The van der Waals surface area contributed by atoms with E-state index in [-0.39, 0.29) is 13.1 Å². The van der Waals surface area contributed by atoms with Gasteiger partial charge in [-0.3, -0.25) is 0 Å². The van der Waals surface area contributed by atoms with Gasteiger partial charge in [0.2, 0.25) is 0 Å². The number of aliphatic hydroxyl groups is 1. The molecule has 1 atom stereocenters. The largest absolute Gasteiger partial charge is 0.465 e. The summed E-state index contributed by atoms with van der Waals surface area (Å²) in [5, 5.41) is 17.4. The fourth-order valence-electron chi connectivity index (χ4n) is 0.899. The third kappa shape index (κ3) is 1.11. The van der Waals surface area contributed by atoms with Crippen LogP contribution in [0.2, 0.25) is 0 Å². The second kappa shape index (κ2) is 2.30. The zero-order valence-electron chi connectivity index (χ0n) is 5.45. The second-order valence-electron chi connectivity index (χ2n) is 2.34. The van der Waals surface area contributed by atoms with Gasteiger partial charge in [0, 0.05) is 6.54 Å². The number of aliphatic hydroxyl groups excluding tert-OH is 1. The van der Waals surface area contributed by atoms with E-state index in [2.05, 4.69) is 6.58 Å². The minimum Gasteiger partial charge on any atom is -0.465 e. The van der Waals surface area contributed by atoms with Crippen LogP contribution >= 0.6 is 0 Å². The van der Waals surface area contributed by atoms with Gasteiger partial charge in [0.15, 0.2) is 0 Å². The Balaban J connectivity index is 2.57. The number of nitrogens with zero attached hydrogens (tertiary/aromatic N) is 1. The topological polar surface area (TPSA) is 60.8 Å². The van der Waals surface area contributed by atoms with Crippen molar-refractivity contribution in [3.63, 3.8) is 0 Å². The SMILES string of the molecule is C=C1CN(C(=O)O)CC1O. The molecule has 1 saturated heterocycles. The maximum absolute atomic E-state index is 10.3. The molecule has 0 aromatic heterocycles. The van der Waals surface area contributed by atoms with Gasteiger partial charge in [-0.15, -0.1) is 0 Å². The number of carboxylic acid groups (broad SMARTS) is 1. The normalized spacial score (nSPS) is 25.5. The summed E-state index contributed by atoms with van der Waals surface area (Å²) >= 11 is 0. The number of hydrogen-bond donors (Lipinski definition) is 2. The van der Waals surface area contributed by atoms with E-state index < -0.39 is 12.2 Å². The van der Waals surface area contributed by atoms with Crippen LogP contribution in [0.25, 0.3) is 0 Å². The summed E-state index contributed by atoms with van der Waals surface area (Å²) in [7, 11) is 0. The highest BCUT2D eigenvalue weighted by Gasteiger charge is 2.26. The van der Waals surface area contributed by atoms with Crippen LogP contribution in [-0.2, 0) is 0 Å². The Morgan fingerprint density at radius 3 is 2.60 bits per heavy atom. The zero-order chi connectivity index (χ0) is 7.72. The van der Waals surface area contributed by atoms with Crippen molar-refractivity contribution in [2.75, 3.05) is 13.1 Å². The molecule has 0 aromatic rings. The molecule has 0 spiro atoms. The van der Waals surface area contributed by atoms with Crippen LogP contribution in [0.5, 0.6) is 0 Å². The predicted molar refractivity (Wildman–Crippen MR) is 34.7 cm³/mol. The van der Waals surface area contributed by atoms with E-state index in [0.717, 1.165) is 4.90 Å². The molecular weight excluding hydrogens is 134 g/mol. The molecule has 1 fully saturated rings. The van der Waals surface area contributed by atoms with Crippen LogP contribution in [-0.4, -0.2) is 40.4 Å². The molecule has 0 aromatic carbocycles. The van der Waals surface area contributed by atoms with Crippen LogP contribution in [0.4, 0.5) is 4.79 Å². The van der Waals surface area contributed by atoms with Crippen molar-refractivity contribution in [2.45, 2.75) is 6.10 Å². The van der Waals surface area contributed by atoms with Crippen molar-refractivity contribution in [2.24, 2.45) is 0 Å². The third-order valence-corrected chi connectivity index (χ3v) is 1.53. The lowest BCUT2D eigenvalue weighted by atomic mass is 10.2. The summed E-state index contributed by atoms with van der Waals surface area (Å²) in [5.74, 6) is 0. The first kappa shape index (κ1) is 7.08. The van der Waals surface area contributed by atoms with E-state index in [1.165, 1.54) is 0 Å². The first-order chi connectivity index (χ1) is 4.61. The molecule has 56 valence electrons. The highest BCUT2D eigenvalue weighted by molar-refractivity contribution is 5.66. The predicted octanol–water partition coefficient (Wildman–Crippen LogP) is -0.103. The molecule has 1 heterocycles. The summed E-state index contributed by atoms with van der Waals surface area (Å²) in [6.45, 7) is 3.93. The number of β-amino-alcohol motifs (C(OH)–C–C–N with tert-alkyl or cyclic N) is 1. The molecule has 2 N–H and O–H groups in total. The van der Waals surface area contributed by atoms with Crippen LogP contribution in [0.3, 0.4) is 0 Å². The Labute approximate surface area is 58.4 Å². The lowest BCUT2D eigenvalue weighted by molar-refractivity contribution is 0.142. The molecule has 0 radical (unpaired) electrons. The van der Waals surface area contributed by atoms with E-state index in [1.807, 2.05) is 0 Å². The van der Waals surface area contributed by atoms with Crippen LogP contribution < -0.4 is 0 Å². The first-order valence-corrected chi connectivity index (χ1v) is 2.95. The molecule has 4 heteroatoms. The Kier molecular flexibility index (Phi) is 1.63. The first-order valence-electron chi connectivity index (χ1n) is 2.95. The Morgan fingerprint density at radius 1 is 1.80 bits per heavy atom. The van der Waals surface area contributed by atoms with E-state index in [9.17, 15) is 4.79 Å². The molecule has 1 amide bonds. The van der Waals surface area contributed by atoms with Gasteiger partial charge in [-0.2, -0.15) is 0 Å². The summed E-state index contributed by atoms with van der Waals surface area (Å²) in [6, 6.07) is 0. The van der Waals surface area contributed by atoms with Crippen molar-refractivity contribution in [3.8, 4) is 0 Å². The maximum atomic E-state index is 10.3. The summed E-state index contributed by atoms with van der Waals surface area (Å²) in [5.41, 5.74) is 0.572. The van der Waals surface area contributed by atoms with Gasteiger partial charge in [0.1, 0.15) is 0 Å². The maximum Gasteiger partial charge on any atom is 0.407 e. The van der Waals surface area contributed by atoms with Crippen molar-refractivity contribution in [1.29, 1.82) is 0 Å². The summed E-state index contributed by atoms with van der Waals surface area (Å²) in [4.78, 5) is 11.4. The van der Waals surface area contributed by atoms with Crippen molar-refractivity contribution >= 4 is 6.09 Å². The van der Waals surface area contributed by atoms with Gasteiger partial charge in [-0.05, 0) is 5.57 Å². The van der Waals surface area contributed by atoms with Crippen molar-refractivity contribution in [3.05, 3.63) is 12.2 Å². The van der Waals surface area contributed by atoms with Gasteiger partial charge in [-0.1, -0.05) is 6.58 Å². The van der Waals surface area contributed by atoms with Crippen molar-refractivity contribution in [1.82, 2.24) is 4.90 Å². The fraction of sp³-hybridized carbons (Fsp3) is 0.500. The number of likely N-dealkylation sites (tertiary alicyclic amines) is 1. The molecule has 1 rings (SSSR count). The molecule has 1 aliphatic heterocycles. The average molecular weight is 143 g/mol. The van der Waals surface area contributed by atoms with E-state index in [0.29, 0.717) is 5.57 Å². The highest BCUT2D eigenvalue weighted by atomic mass is 16.4. The molecule has 1 aliphatic rings. The third-order valence-electron chi connectivity index (χ3n) is 1.53. The molecular formula is C6H9NO3.